The van der Waals surface area contributed by atoms with E-state index in [1.165, 1.54) is 0 Å². The third-order valence-electron chi connectivity index (χ3n) is 1.60. The van der Waals surface area contributed by atoms with E-state index >= 15 is 0 Å². The fourth-order valence-electron chi connectivity index (χ4n) is 1.08. The molecule has 0 aliphatic rings. The van der Waals surface area contributed by atoms with Crippen LogP contribution < -0.4 is 5.73 Å². The molecule has 0 spiro atoms. The van der Waals surface area contributed by atoms with Gasteiger partial charge < -0.3 is 5.73 Å². The number of azide groups is 1. The minimum atomic E-state index is -1.08. The molecule has 0 aromatic rings. The van der Waals surface area contributed by atoms with Crippen LogP contribution in [0.15, 0.2) is 5.11 Å². The van der Waals surface area contributed by atoms with E-state index in [1.54, 1.807) is 6.92 Å². The standard InChI is InChI=1S/C7H14N4O/c1-5(2)4-7(3,6(8)12)10-11-9/h5H,4H2,1-3H3,(H2,8,12). The van der Waals surface area contributed by atoms with Gasteiger partial charge in [-0.25, -0.2) is 0 Å². The van der Waals surface area contributed by atoms with Crippen LogP contribution in [0.4, 0.5) is 0 Å². The van der Waals surface area contributed by atoms with Gasteiger partial charge in [-0.05, 0) is 24.8 Å². The Morgan fingerprint density at radius 2 is 2.25 bits per heavy atom. The van der Waals surface area contributed by atoms with E-state index in [2.05, 4.69) is 10.0 Å². The van der Waals surface area contributed by atoms with Crippen LogP contribution in [-0.2, 0) is 4.79 Å². The molecule has 68 valence electrons. The van der Waals surface area contributed by atoms with Crippen LogP contribution in [0.5, 0.6) is 0 Å². The first-order valence-electron chi connectivity index (χ1n) is 3.78. The summed E-state index contributed by atoms with van der Waals surface area (Å²) in [5.74, 6) is -0.304. The van der Waals surface area contributed by atoms with Crippen LogP contribution in [0.1, 0.15) is 27.2 Å². The summed E-state index contributed by atoms with van der Waals surface area (Å²) < 4.78 is 0. The van der Waals surface area contributed by atoms with Crippen molar-refractivity contribution in [2.75, 3.05) is 0 Å². The normalized spacial score (nSPS) is 15.0. The molecule has 0 radical (unpaired) electrons. The van der Waals surface area contributed by atoms with Gasteiger partial charge in [0.1, 0.15) is 5.54 Å². The van der Waals surface area contributed by atoms with Crippen molar-refractivity contribution in [3.8, 4) is 0 Å². The minimum absolute atomic E-state index is 0.271. The molecule has 12 heavy (non-hydrogen) atoms. The summed E-state index contributed by atoms with van der Waals surface area (Å²) in [6.45, 7) is 5.43. The molecule has 0 aliphatic heterocycles. The highest BCUT2D eigenvalue weighted by Gasteiger charge is 2.30. The zero-order chi connectivity index (χ0) is 9.78. The van der Waals surface area contributed by atoms with Crippen molar-refractivity contribution in [2.45, 2.75) is 32.7 Å². The lowest BCUT2D eigenvalue weighted by Crippen LogP contribution is -2.39. The number of hydrogen-bond donors (Lipinski definition) is 1. The summed E-state index contributed by atoms with van der Waals surface area (Å²) in [6.07, 6.45) is 0.479. The molecule has 2 N–H and O–H groups in total. The van der Waals surface area contributed by atoms with Gasteiger partial charge in [-0.15, -0.1) is 0 Å². The van der Waals surface area contributed by atoms with Crippen molar-refractivity contribution in [1.29, 1.82) is 0 Å². The number of carbonyl (C=O) groups excluding carboxylic acids is 1. The van der Waals surface area contributed by atoms with Crippen molar-refractivity contribution < 1.29 is 4.79 Å². The number of nitrogens with two attached hydrogens (primary N) is 1. The lowest BCUT2D eigenvalue weighted by atomic mass is 9.91. The first-order valence-corrected chi connectivity index (χ1v) is 3.78. The highest BCUT2D eigenvalue weighted by Crippen LogP contribution is 2.20. The highest BCUT2D eigenvalue weighted by atomic mass is 16.1. The average Bonchev–Trinajstić information content (AvgIpc) is 1.85. The number of primary amides is 1. The van der Waals surface area contributed by atoms with Crippen LogP contribution in [0.3, 0.4) is 0 Å². The van der Waals surface area contributed by atoms with Gasteiger partial charge in [0, 0.05) is 4.91 Å². The molecule has 0 aliphatic carbocycles. The molecule has 0 saturated heterocycles. The van der Waals surface area contributed by atoms with Gasteiger partial charge in [0.2, 0.25) is 5.91 Å². The number of hydrogen-bond acceptors (Lipinski definition) is 2. The molecule has 5 heteroatoms. The molecule has 1 unspecified atom stereocenters. The molecule has 5 nitrogen and oxygen atoms in total. The zero-order valence-corrected chi connectivity index (χ0v) is 7.61. The second kappa shape index (κ2) is 3.97. The van der Waals surface area contributed by atoms with E-state index in [9.17, 15) is 4.79 Å². The van der Waals surface area contributed by atoms with Gasteiger partial charge in [0.05, 0.1) is 0 Å². The quantitative estimate of drug-likeness (QED) is 0.387. The lowest BCUT2D eigenvalue weighted by Gasteiger charge is -2.21. The molecular weight excluding hydrogens is 156 g/mol. The van der Waals surface area contributed by atoms with Gasteiger partial charge in [0.15, 0.2) is 0 Å². The number of rotatable bonds is 4. The van der Waals surface area contributed by atoms with Crippen molar-refractivity contribution in [1.82, 2.24) is 0 Å². The maximum absolute atomic E-state index is 10.9. The first kappa shape index (κ1) is 10.8. The maximum Gasteiger partial charge on any atom is 0.229 e. The third-order valence-corrected chi connectivity index (χ3v) is 1.60. The van der Waals surface area contributed by atoms with Crippen molar-refractivity contribution in [3.05, 3.63) is 10.4 Å². The molecule has 0 aromatic carbocycles. The predicted molar refractivity (Wildman–Crippen MR) is 46.2 cm³/mol. The van der Waals surface area contributed by atoms with Gasteiger partial charge in [-0.2, -0.15) is 0 Å². The van der Waals surface area contributed by atoms with Crippen molar-refractivity contribution >= 4 is 5.91 Å². The maximum atomic E-state index is 10.9. The van der Waals surface area contributed by atoms with Crippen LogP contribution in [0, 0.1) is 5.92 Å². The molecular formula is C7H14N4O. The van der Waals surface area contributed by atoms with E-state index < -0.39 is 11.4 Å². The van der Waals surface area contributed by atoms with Gasteiger partial charge in [-0.3, -0.25) is 4.79 Å². The Balaban J connectivity index is 4.62. The summed E-state index contributed by atoms with van der Waals surface area (Å²) >= 11 is 0. The van der Waals surface area contributed by atoms with Crippen molar-refractivity contribution in [3.63, 3.8) is 0 Å². The smallest absolute Gasteiger partial charge is 0.229 e. The van der Waals surface area contributed by atoms with E-state index in [0.717, 1.165) is 0 Å². The first-order chi connectivity index (χ1) is 5.42. The monoisotopic (exact) mass is 170 g/mol. The summed E-state index contributed by atoms with van der Waals surface area (Å²) in [4.78, 5) is 13.5. The highest BCUT2D eigenvalue weighted by molar-refractivity contribution is 5.84. The van der Waals surface area contributed by atoms with Gasteiger partial charge >= 0.3 is 0 Å². The summed E-state index contributed by atoms with van der Waals surface area (Å²) in [5, 5.41) is 3.40. The molecule has 0 rings (SSSR count). The van der Waals surface area contributed by atoms with E-state index in [-0.39, 0.29) is 5.92 Å². The van der Waals surface area contributed by atoms with Gasteiger partial charge in [-0.1, -0.05) is 19.0 Å². The Morgan fingerprint density at radius 3 is 2.50 bits per heavy atom. The number of nitrogens with zero attached hydrogens (tertiary/aromatic N) is 3. The van der Waals surface area contributed by atoms with Crippen molar-refractivity contribution in [2.24, 2.45) is 16.8 Å². The molecule has 0 aromatic heterocycles. The second-order valence-electron chi connectivity index (χ2n) is 3.43. The molecule has 1 amide bonds. The Labute approximate surface area is 71.6 Å². The largest absolute Gasteiger partial charge is 0.369 e. The molecule has 0 heterocycles. The molecule has 0 bridgehead atoms. The summed E-state index contributed by atoms with van der Waals surface area (Å²) in [5.41, 5.74) is 12.2. The average molecular weight is 170 g/mol. The van der Waals surface area contributed by atoms with Crippen LogP contribution in [0.25, 0.3) is 10.4 Å². The van der Waals surface area contributed by atoms with E-state index in [4.69, 9.17) is 11.3 Å². The Hall–Kier alpha value is -1.22. The lowest BCUT2D eigenvalue weighted by molar-refractivity contribution is -0.123. The van der Waals surface area contributed by atoms with Gasteiger partial charge in [0.25, 0.3) is 0 Å². The second-order valence-corrected chi connectivity index (χ2v) is 3.43. The molecule has 1 atom stereocenters. The number of amides is 1. The van der Waals surface area contributed by atoms with E-state index in [0.29, 0.717) is 6.42 Å². The Kier molecular flexibility index (Phi) is 3.57. The fourth-order valence-corrected chi connectivity index (χ4v) is 1.08. The Morgan fingerprint density at radius 1 is 1.75 bits per heavy atom. The fraction of sp³-hybridized carbons (Fsp3) is 0.857. The van der Waals surface area contributed by atoms with E-state index in [1.807, 2.05) is 13.8 Å². The third kappa shape index (κ3) is 2.80. The topological polar surface area (TPSA) is 91.8 Å². The van der Waals surface area contributed by atoms with Crippen LogP contribution >= 0.6 is 0 Å². The number of carbonyl (C=O) groups is 1. The van der Waals surface area contributed by atoms with Crippen LogP contribution in [-0.4, -0.2) is 11.4 Å². The summed E-state index contributed by atoms with van der Waals surface area (Å²) in [7, 11) is 0. The summed E-state index contributed by atoms with van der Waals surface area (Å²) in [6, 6.07) is 0. The minimum Gasteiger partial charge on any atom is -0.369 e. The Bertz CT molecular complexity index is 215. The zero-order valence-electron chi connectivity index (χ0n) is 7.61. The predicted octanol–water partition coefficient (Wildman–Crippen LogP) is 1.59. The van der Waals surface area contributed by atoms with Crippen LogP contribution in [0.2, 0.25) is 0 Å². The SMILES string of the molecule is CC(C)CC(C)(N=[N+]=[N-])C(N)=O. The molecule has 0 saturated carbocycles. The molecule has 0 fully saturated rings.